The lowest BCUT2D eigenvalue weighted by Crippen LogP contribution is -2.25. The van der Waals surface area contributed by atoms with Crippen molar-refractivity contribution in [3.63, 3.8) is 0 Å². The number of hydrogen-bond donors (Lipinski definition) is 3. The molecule has 0 aliphatic heterocycles. The number of aromatic nitrogens is 2. The molecule has 2 rings (SSSR count). The normalized spacial score (nSPS) is 10.8. The third-order valence-corrected chi connectivity index (χ3v) is 3.33. The summed E-state index contributed by atoms with van der Waals surface area (Å²) in [6, 6.07) is 3.14. The van der Waals surface area contributed by atoms with Crippen LogP contribution in [-0.2, 0) is 6.42 Å². The lowest BCUT2D eigenvalue weighted by atomic mass is 10.0. The van der Waals surface area contributed by atoms with Gasteiger partial charge in [-0.15, -0.1) is 6.58 Å². The zero-order valence-electron chi connectivity index (χ0n) is 13.2. The van der Waals surface area contributed by atoms with E-state index in [9.17, 15) is 24.8 Å². The molecule has 25 heavy (non-hydrogen) atoms. The molecule has 0 saturated heterocycles. The van der Waals surface area contributed by atoms with E-state index in [4.69, 9.17) is 4.74 Å². The molecule has 1 aromatic carbocycles. The maximum absolute atomic E-state index is 11.6. The average Bonchev–Trinajstić information content (AvgIpc) is 2.54. The second-order valence-corrected chi connectivity index (χ2v) is 4.98. The minimum atomic E-state index is -1.09. The highest BCUT2D eigenvalue weighted by atomic mass is 16.6. The molecule has 0 aliphatic carbocycles. The molecular formula is C16H15N3O6. The Morgan fingerprint density at radius 1 is 1.32 bits per heavy atom. The first-order chi connectivity index (χ1) is 11.9. The van der Waals surface area contributed by atoms with Crippen LogP contribution in [0.25, 0.3) is 12.2 Å². The Kier molecular flexibility index (Phi) is 5.18. The van der Waals surface area contributed by atoms with E-state index in [2.05, 4.69) is 11.6 Å². The maximum atomic E-state index is 11.6. The van der Waals surface area contributed by atoms with E-state index in [-0.39, 0.29) is 17.2 Å². The number of methoxy groups -OCH3 is 1. The van der Waals surface area contributed by atoms with Gasteiger partial charge in [0, 0.05) is 5.56 Å². The summed E-state index contributed by atoms with van der Waals surface area (Å²) in [6.07, 6.45) is 4.66. The van der Waals surface area contributed by atoms with E-state index < -0.39 is 21.9 Å². The van der Waals surface area contributed by atoms with Crippen LogP contribution in [0.1, 0.15) is 16.8 Å². The van der Waals surface area contributed by atoms with Gasteiger partial charge in [-0.2, -0.15) is 0 Å². The maximum Gasteiger partial charge on any atom is 0.357 e. The molecule has 1 heterocycles. The molecule has 9 heteroatoms. The van der Waals surface area contributed by atoms with Crippen LogP contribution >= 0.6 is 0 Å². The summed E-state index contributed by atoms with van der Waals surface area (Å²) in [5.41, 5.74) is -1.87. The monoisotopic (exact) mass is 345 g/mol. The lowest BCUT2D eigenvalue weighted by Gasteiger charge is -2.09. The summed E-state index contributed by atoms with van der Waals surface area (Å²) in [5, 5.41) is 21.1. The molecule has 0 fully saturated rings. The van der Waals surface area contributed by atoms with Crippen LogP contribution in [0.4, 0.5) is 5.69 Å². The van der Waals surface area contributed by atoms with Gasteiger partial charge in [0.25, 0.3) is 0 Å². The van der Waals surface area contributed by atoms with Crippen LogP contribution < -0.4 is 16.0 Å². The smallest absolute Gasteiger partial charge is 0.357 e. The minimum absolute atomic E-state index is 0.0323. The van der Waals surface area contributed by atoms with Crippen molar-refractivity contribution in [2.45, 2.75) is 6.42 Å². The van der Waals surface area contributed by atoms with Crippen molar-refractivity contribution < 1.29 is 14.8 Å². The molecule has 0 unspecified atom stereocenters. The van der Waals surface area contributed by atoms with Crippen LogP contribution in [0.2, 0.25) is 0 Å². The number of ether oxygens (including phenoxy) is 1. The van der Waals surface area contributed by atoms with E-state index in [1.807, 2.05) is 0 Å². The van der Waals surface area contributed by atoms with Crippen molar-refractivity contribution in [1.82, 2.24) is 9.97 Å². The van der Waals surface area contributed by atoms with Gasteiger partial charge in [-0.25, -0.2) is 4.79 Å². The summed E-state index contributed by atoms with van der Waals surface area (Å²) >= 11 is 0. The fraction of sp³-hybridized carbons (Fsp3) is 0.125. The first-order valence-electron chi connectivity index (χ1n) is 7.07. The van der Waals surface area contributed by atoms with Crippen LogP contribution in [-0.4, -0.2) is 27.1 Å². The van der Waals surface area contributed by atoms with Gasteiger partial charge in [-0.3, -0.25) is 19.9 Å². The highest BCUT2D eigenvalue weighted by Crippen LogP contribution is 2.32. The third kappa shape index (κ3) is 3.83. The Bertz CT molecular complexity index is 971. The minimum Gasteiger partial charge on any atom is -0.504 e. The standard InChI is InChI=1S/C16H15N3O6/c1-3-4-10-7-9(8-12(25-2)14(10)20)5-6-11-13(19(23)24)15(21)18-16(22)17-11/h3,5-8,20H,1,4H2,2H3,(H2,17,18,21,22)/b6-5+. The summed E-state index contributed by atoms with van der Waals surface area (Å²) in [7, 11) is 1.39. The van der Waals surface area contributed by atoms with Gasteiger partial charge in [0.15, 0.2) is 11.5 Å². The van der Waals surface area contributed by atoms with Crippen LogP contribution in [0.3, 0.4) is 0 Å². The number of nitrogens with zero attached hydrogens (tertiary/aromatic N) is 1. The number of rotatable bonds is 6. The molecular weight excluding hydrogens is 330 g/mol. The van der Waals surface area contributed by atoms with Crippen LogP contribution in [0.15, 0.2) is 34.4 Å². The molecule has 0 bridgehead atoms. The molecule has 9 nitrogen and oxygen atoms in total. The Morgan fingerprint density at radius 3 is 2.64 bits per heavy atom. The van der Waals surface area contributed by atoms with Gasteiger partial charge >= 0.3 is 16.9 Å². The first-order valence-corrected chi connectivity index (χ1v) is 7.07. The average molecular weight is 345 g/mol. The molecule has 0 atom stereocenters. The zero-order chi connectivity index (χ0) is 18.6. The molecule has 0 spiro atoms. The highest BCUT2D eigenvalue weighted by Gasteiger charge is 2.18. The molecule has 2 aromatic rings. The number of nitrogens with one attached hydrogen (secondary N) is 2. The van der Waals surface area contributed by atoms with Crippen molar-refractivity contribution in [1.29, 1.82) is 0 Å². The molecule has 3 N–H and O–H groups in total. The van der Waals surface area contributed by atoms with Crippen molar-refractivity contribution in [2.75, 3.05) is 7.11 Å². The molecule has 0 saturated carbocycles. The summed E-state index contributed by atoms with van der Waals surface area (Å²) < 4.78 is 5.09. The Hall–Kier alpha value is -3.62. The van der Waals surface area contributed by atoms with Gasteiger partial charge < -0.3 is 14.8 Å². The highest BCUT2D eigenvalue weighted by molar-refractivity contribution is 5.73. The van der Waals surface area contributed by atoms with E-state index in [1.165, 1.54) is 25.3 Å². The van der Waals surface area contributed by atoms with Gasteiger partial charge in [0.1, 0.15) is 5.69 Å². The number of H-pyrrole nitrogens is 2. The second-order valence-electron chi connectivity index (χ2n) is 4.98. The molecule has 0 radical (unpaired) electrons. The number of phenols is 1. The molecule has 0 amide bonds. The van der Waals surface area contributed by atoms with Gasteiger partial charge in [-0.1, -0.05) is 12.2 Å². The predicted molar refractivity (Wildman–Crippen MR) is 91.8 cm³/mol. The molecule has 130 valence electrons. The third-order valence-electron chi connectivity index (χ3n) is 3.33. The first kappa shape index (κ1) is 17.7. The van der Waals surface area contributed by atoms with E-state index >= 15 is 0 Å². The van der Waals surface area contributed by atoms with Gasteiger partial charge in [0.05, 0.1) is 12.0 Å². The number of hydrogen-bond acceptors (Lipinski definition) is 6. The van der Waals surface area contributed by atoms with E-state index in [0.717, 1.165) is 0 Å². The number of phenolic OH excluding ortho intramolecular Hbond substituents is 1. The van der Waals surface area contributed by atoms with Crippen molar-refractivity contribution in [2.24, 2.45) is 0 Å². The lowest BCUT2D eigenvalue weighted by molar-refractivity contribution is -0.386. The van der Waals surface area contributed by atoms with Crippen LogP contribution in [0, 0.1) is 10.1 Å². The largest absolute Gasteiger partial charge is 0.504 e. The fourth-order valence-electron chi connectivity index (χ4n) is 2.23. The second kappa shape index (κ2) is 7.30. The summed E-state index contributed by atoms with van der Waals surface area (Å²) in [5.74, 6) is 0.183. The van der Waals surface area contributed by atoms with Crippen LogP contribution in [0.5, 0.6) is 11.5 Å². The van der Waals surface area contributed by atoms with Crippen molar-refractivity contribution in [3.8, 4) is 11.5 Å². The van der Waals surface area contributed by atoms with Crippen molar-refractivity contribution in [3.05, 3.63) is 72.6 Å². The zero-order valence-corrected chi connectivity index (χ0v) is 13.2. The van der Waals surface area contributed by atoms with Gasteiger partial charge in [0.2, 0.25) is 0 Å². The topological polar surface area (TPSA) is 138 Å². The van der Waals surface area contributed by atoms with Crippen molar-refractivity contribution >= 4 is 17.8 Å². The Labute approximate surface area is 141 Å². The summed E-state index contributed by atoms with van der Waals surface area (Å²) in [6.45, 7) is 3.60. The Morgan fingerprint density at radius 2 is 2.04 bits per heavy atom. The predicted octanol–water partition coefficient (Wildman–Crippen LogP) is 1.58. The quantitative estimate of drug-likeness (QED) is 0.413. The van der Waals surface area contributed by atoms with E-state index in [0.29, 0.717) is 17.5 Å². The van der Waals surface area contributed by atoms with E-state index in [1.54, 1.807) is 17.1 Å². The number of nitro groups is 1. The fourth-order valence-corrected chi connectivity index (χ4v) is 2.23. The molecule has 1 aromatic heterocycles. The molecule has 0 aliphatic rings. The van der Waals surface area contributed by atoms with Gasteiger partial charge in [-0.05, 0) is 30.2 Å². The number of allylic oxidation sites excluding steroid dienone is 1. The number of aromatic amines is 2. The number of benzene rings is 1. The Balaban J connectivity index is 2.55. The summed E-state index contributed by atoms with van der Waals surface area (Å²) in [4.78, 5) is 37.1. The number of aromatic hydroxyl groups is 1. The SMILES string of the molecule is C=CCc1cc(/C=C/c2[nH]c(=O)[nH]c(=O)c2[N+](=O)[O-])cc(OC)c1O.